The van der Waals surface area contributed by atoms with Crippen LogP contribution in [0, 0.1) is 6.92 Å². The number of nitrogens with zero attached hydrogens (tertiary/aromatic N) is 1. The summed E-state index contributed by atoms with van der Waals surface area (Å²) in [5, 5.41) is 4.63. The van der Waals surface area contributed by atoms with E-state index in [0.717, 1.165) is 16.7 Å². The van der Waals surface area contributed by atoms with Crippen LogP contribution < -0.4 is 19.6 Å². The van der Waals surface area contributed by atoms with Crippen molar-refractivity contribution in [3.05, 3.63) is 88.4 Å². The molecule has 0 aromatic heterocycles. The topological polar surface area (TPSA) is 69.2 Å². The lowest BCUT2D eigenvalue weighted by Gasteiger charge is -2.15. The van der Waals surface area contributed by atoms with Gasteiger partial charge in [-0.15, -0.1) is 0 Å². The third-order valence-electron chi connectivity index (χ3n) is 4.62. The molecule has 3 rings (SSSR count). The van der Waals surface area contributed by atoms with Gasteiger partial charge < -0.3 is 14.2 Å². The number of carbonyl (C=O) groups excluding carboxylic acids is 1. The molecule has 0 aliphatic heterocycles. The van der Waals surface area contributed by atoms with E-state index in [1.807, 2.05) is 43.3 Å². The zero-order valence-corrected chi connectivity index (χ0v) is 18.9. The highest BCUT2D eigenvalue weighted by Crippen LogP contribution is 2.28. The van der Waals surface area contributed by atoms with E-state index >= 15 is 0 Å². The predicted molar refractivity (Wildman–Crippen MR) is 126 cm³/mol. The van der Waals surface area contributed by atoms with Crippen LogP contribution in [-0.4, -0.2) is 25.3 Å². The number of nitrogens with one attached hydrogen (secondary N) is 1. The molecule has 0 spiro atoms. The second kappa shape index (κ2) is 11.2. The summed E-state index contributed by atoms with van der Waals surface area (Å²) in [5.41, 5.74) is 5.15. The van der Waals surface area contributed by atoms with Crippen LogP contribution in [0.1, 0.15) is 23.6 Å². The lowest BCUT2D eigenvalue weighted by atomic mass is 10.2. The molecule has 3 aromatic carbocycles. The van der Waals surface area contributed by atoms with Gasteiger partial charge in [-0.1, -0.05) is 41.9 Å². The lowest BCUT2D eigenvalue weighted by Crippen LogP contribution is -2.33. The normalized spacial score (nSPS) is 11.8. The van der Waals surface area contributed by atoms with Crippen LogP contribution >= 0.6 is 11.6 Å². The fourth-order valence-corrected chi connectivity index (χ4v) is 3.10. The van der Waals surface area contributed by atoms with Crippen molar-refractivity contribution in [2.24, 2.45) is 5.10 Å². The van der Waals surface area contributed by atoms with E-state index in [9.17, 15) is 4.79 Å². The average Bonchev–Trinajstić information content (AvgIpc) is 2.80. The van der Waals surface area contributed by atoms with Crippen LogP contribution in [0.2, 0.25) is 5.02 Å². The fraction of sp³-hybridized carbons (Fsp3) is 0.200. The quantitative estimate of drug-likeness (QED) is 0.360. The zero-order valence-electron chi connectivity index (χ0n) is 18.2. The summed E-state index contributed by atoms with van der Waals surface area (Å²) in [7, 11) is 1.57. The number of methoxy groups -OCH3 is 1. The summed E-state index contributed by atoms with van der Waals surface area (Å²) in [6.07, 6.45) is 0.803. The number of carbonyl (C=O) groups is 1. The van der Waals surface area contributed by atoms with Crippen molar-refractivity contribution in [2.75, 3.05) is 7.11 Å². The van der Waals surface area contributed by atoms with Gasteiger partial charge in [0, 0.05) is 5.02 Å². The molecule has 166 valence electrons. The Morgan fingerprint density at radius 1 is 1.06 bits per heavy atom. The largest absolute Gasteiger partial charge is 0.493 e. The van der Waals surface area contributed by atoms with Crippen LogP contribution in [-0.2, 0) is 11.4 Å². The highest BCUT2D eigenvalue weighted by atomic mass is 35.5. The number of aryl methyl sites for hydroxylation is 1. The smallest absolute Gasteiger partial charge is 0.280 e. The Balaban J connectivity index is 1.56. The first-order valence-electron chi connectivity index (χ1n) is 10.1. The maximum atomic E-state index is 12.3. The molecule has 1 amide bonds. The lowest BCUT2D eigenvalue weighted by molar-refractivity contribution is -0.127. The van der Waals surface area contributed by atoms with Gasteiger partial charge in [-0.2, -0.15) is 5.10 Å². The van der Waals surface area contributed by atoms with Crippen molar-refractivity contribution >= 4 is 23.7 Å². The predicted octanol–water partition coefficient (Wildman–Crippen LogP) is 5.15. The van der Waals surface area contributed by atoms with Crippen LogP contribution in [0.25, 0.3) is 0 Å². The summed E-state index contributed by atoms with van der Waals surface area (Å²) < 4.78 is 17.0. The van der Waals surface area contributed by atoms with Gasteiger partial charge >= 0.3 is 0 Å². The van der Waals surface area contributed by atoms with Crippen LogP contribution in [0.4, 0.5) is 0 Å². The number of benzene rings is 3. The summed E-state index contributed by atoms with van der Waals surface area (Å²) in [5.74, 6) is 1.42. The molecule has 0 saturated heterocycles. The number of rotatable bonds is 9. The monoisotopic (exact) mass is 452 g/mol. The Bertz CT molecular complexity index is 1090. The molecule has 0 bridgehead atoms. The van der Waals surface area contributed by atoms with E-state index in [0.29, 0.717) is 28.9 Å². The number of halogens is 1. The third kappa shape index (κ3) is 6.49. The van der Waals surface area contributed by atoms with Crippen molar-refractivity contribution < 1.29 is 19.0 Å². The summed E-state index contributed by atoms with van der Waals surface area (Å²) >= 11 is 5.95. The van der Waals surface area contributed by atoms with Crippen LogP contribution in [0.15, 0.2) is 71.8 Å². The first-order chi connectivity index (χ1) is 15.5. The molecule has 1 N–H and O–H groups in total. The van der Waals surface area contributed by atoms with Crippen molar-refractivity contribution in [2.45, 2.75) is 26.6 Å². The molecule has 32 heavy (non-hydrogen) atoms. The minimum absolute atomic E-state index is 0.370. The Kier molecular flexibility index (Phi) is 8.11. The third-order valence-corrected chi connectivity index (χ3v) is 4.86. The summed E-state index contributed by atoms with van der Waals surface area (Å²) in [6, 6.07) is 20.5. The molecule has 7 heteroatoms. The first-order valence-corrected chi connectivity index (χ1v) is 10.4. The van der Waals surface area contributed by atoms with Crippen LogP contribution in [0.3, 0.4) is 0 Å². The number of hydrogen-bond donors (Lipinski definition) is 1. The van der Waals surface area contributed by atoms with E-state index in [4.69, 9.17) is 25.8 Å². The molecule has 0 fully saturated rings. The van der Waals surface area contributed by atoms with E-state index in [1.165, 1.54) is 6.21 Å². The summed E-state index contributed by atoms with van der Waals surface area (Å²) in [4.78, 5) is 12.3. The Hall–Kier alpha value is -3.51. The minimum atomic E-state index is -0.727. The number of ether oxygens (including phenoxy) is 3. The highest BCUT2D eigenvalue weighted by molar-refractivity contribution is 6.30. The molecule has 1 unspecified atom stereocenters. The number of hydrogen-bond acceptors (Lipinski definition) is 5. The van der Waals surface area contributed by atoms with Gasteiger partial charge in [0.25, 0.3) is 5.91 Å². The van der Waals surface area contributed by atoms with E-state index < -0.39 is 6.10 Å². The zero-order chi connectivity index (χ0) is 22.9. The van der Waals surface area contributed by atoms with Gasteiger partial charge in [0.2, 0.25) is 0 Å². The number of hydrazone groups is 1. The molecular formula is C25H25ClN2O4. The highest BCUT2D eigenvalue weighted by Gasteiger charge is 2.15. The molecule has 0 heterocycles. The molecule has 0 radical (unpaired) electrons. The second-order valence-corrected chi connectivity index (χ2v) is 7.53. The second-order valence-electron chi connectivity index (χ2n) is 7.09. The van der Waals surface area contributed by atoms with Gasteiger partial charge in [0.15, 0.2) is 17.6 Å². The summed E-state index contributed by atoms with van der Waals surface area (Å²) in [6.45, 7) is 3.96. The van der Waals surface area contributed by atoms with Gasteiger partial charge in [-0.25, -0.2) is 5.43 Å². The van der Waals surface area contributed by atoms with E-state index in [1.54, 1.807) is 44.4 Å². The average molecular weight is 453 g/mol. The van der Waals surface area contributed by atoms with Gasteiger partial charge in [-0.05, 0) is 66.9 Å². The molecular weight excluding hydrogens is 428 g/mol. The Morgan fingerprint density at radius 3 is 2.53 bits per heavy atom. The van der Waals surface area contributed by atoms with Crippen molar-refractivity contribution in [1.29, 1.82) is 0 Å². The minimum Gasteiger partial charge on any atom is -0.493 e. The Morgan fingerprint density at radius 2 is 1.81 bits per heavy atom. The molecule has 6 nitrogen and oxygen atoms in total. The molecule has 0 aliphatic carbocycles. The maximum absolute atomic E-state index is 12.3. The van der Waals surface area contributed by atoms with Gasteiger partial charge in [-0.3, -0.25) is 4.79 Å². The molecule has 0 aliphatic rings. The standard InChI is InChI=1S/C25H25ClN2O4/c1-17-13-21(26)10-12-22(17)32-18(2)25(29)28-27-15-20-9-11-23(24(14-20)30-3)31-16-19-7-5-4-6-8-19/h4-15,18H,16H2,1-3H3,(H,28,29)/b27-15+. The van der Waals surface area contributed by atoms with Crippen LogP contribution in [0.5, 0.6) is 17.2 Å². The number of amides is 1. The SMILES string of the molecule is COc1cc(/C=N/NC(=O)C(C)Oc2ccc(Cl)cc2C)ccc1OCc1ccccc1. The van der Waals surface area contributed by atoms with Crippen molar-refractivity contribution in [3.8, 4) is 17.2 Å². The Labute approximate surface area is 192 Å². The molecule has 3 aromatic rings. The fourth-order valence-electron chi connectivity index (χ4n) is 2.87. The van der Waals surface area contributed by atoms with E-state index in [2.05, 4.69) is 10.5 Å². The molecule has 1 atom stereocenters. The van der Waals surface area contributed by atoms with Gasteiger partial charge in [0.05, 0.1) is 13.3 Å². The molecule has 0 saturated carbocycles. The van der Waals surface area contributed by atoms with Crippen molar-refractivity contribution in [3.63, 3.8) is 0 Å². The maximum Gasteiger partial charge on any atom is 0.280 e. The van der Waals surface area contributed by atoms with Gasteiger partial charge in [0.1, 0.15) is 12.4 Å². The van der Waals surface area contributed by atoms with E-state index in [-0.39, 0.29) is 5.91 Å². The first kappa shape index (κ1) is 23.2. The van der Waals surface area contributed by atoms with Crippen molar-refractivity contribution in [1.82, 2.24) is 5.43 Å².